The minimum Gasteiger partial charge on any atom is -0.287 e. The van der Waals surface area contributed by atoms with Crippen LogP contribution in [0.4, 0.5) is 17.6 Å². The van der Waals surface area contributed by atoms with Gasteiger partial charge in [-0.2, -0.15) is 0 Å². The Hall–Kier alpha value is -6.84. The summed E-state index contributed by atoms with van der Waals surface area (Å²) in [4.78, 5) is 47.5. The standard InChI is InChI=1S/C45H24F4N6O2S2/c1-43(2)29(54-37-31(25(15-50)52-7)17-9-21(46)23(48)11-19(17)39(37)56)13-27-33(43)35-41(58-27)42-36(45(35,5)6)34-28(59-42)14-30(44(34,3)4)55-38-32(26(16-51)53-8)18-10-22(47)24(49)12-20(18)40(38)57/h9-14H,1-6H3/b31-25+,32-26?,54-37?,55-38?. The second kappa shape index (κ2) is 12.1. The molecule has 0 bridgehead atoms. The van der Waals surface area contributed by atoms with Crippen LogP contribution in [0.5, 0.6) is 0 Å². The monoisotopic (exact) mass is 820 g/mol. The molecule has 59 heavy (non-hydrogen) atoms. The summed E-state index contributed by atoms with van der Waals surface area (Å²) in [5, 5.41) is 19.6. The van der Waals surface area contributed by atoms with E-state index in [1.54, 1.807) is 34.8 Å². The number of thiophene rings is 2. The molecule has 0 fully saturated rings. The lowest BCUT2D eigenvalue weighted by atomic mass is 9.71. The third-order valence-electron chi connectivity index (χ3n) is 11.8. The molecule has 0 unspecified atom stereocenters. The van der Waals surface area contributed by atoms with E-state index in [0.717, 1.165) is 66.0 Å². The molecular weight excluding hydrogens is 797 g/mol. The van der Waals surface area contributed by atoms with Gasteiger partial charge in [-0.1, -0.05) is 41.5 Å². The Labute approximate surface area is 342 Å². The summed E-state index contributed by atoms with van der Waals surface area (Å²) in [6, 6.07) is 6.71. The number of nitriles is 2. The van der Waals surface area contributed by atoms with E-state index in [4.69, 9.17) is 23.1 Å². The topological polar surface area (TPSA) is 115 Å². The van der Waals surface area contributed by atoms with Crippen LogP contribution in [0.2, 0.25) is 0 Å². The van der Waals surface area contributed by atoms with Crippen molar-refractivity contribution in [1.82, 2.24) is 0 Å². The molecule has 8 nitrogen and oxygen atoms in total. The fourth-order valence-corrected chi connectivity index (χ4v) is 12.3. The molecule has 4 aromatic rings. The third-order valence-corrected chi connectivity index (χ3v) is 14.3. The molecule has 5 aliphatic rings. The number of allylic oxidation sites excluding steroid dienone is 6. The highest BCUT2D eigenvalue weighted by Gasteiger charge is 2.53. The Bertz CT molecular complexity index is 2970. The molecule has 2 heterocycles. The van der Waals surface area contributed by atoms with Crippen LogP contribution in [-0.4, -0.2) is 23.0 Å². The first-order valence-electron chi connectivity index (χ1n) is 17.9. The van der Waals surface area contributed by atoms with Crippen LogP contribution < -0.4 is 0 Å². The molecule has 2 aromatic carbocycles. The Morgan fingerprint density at radius 1 is 0.593 bits per heavy atom. The van der Waals surface area contributed by atoms with Crippen molar-refractivity contribution in [2.45, 2.75) is 57.8 Å². The maximum atomic E-state index is 14.4. The predicted molar refractivity (Wildman–Crippen MR) is 216 cm³/mol. The van der Waals surface area contributed by atoms with Crippen molar-refractivity contribution in [1.29, 1.82) is 10.5 Å². The van der Waals surface area contributed by atoms with E-state index in [1.165, 1.54) is 0 Å². The van der Waals surface area contributed by atoms with Crippen LogP contribution in [0.15, 0.2) is 57.0 Å². The molecule has 0 aliphatic heterocycles. The molecule has 0 saturated carbocycles. The summed E-state index contributed by atoms with van der Waals surface area (Å²) in [7, 11) is 0. The van der Waals surface area contributed by atoms with Gasteiger partial charge in [0, 0.05) is 58.0 Å². The van der Waals surface area contributed by atoms with Gasteiger partial charge in [-0.25, -0.2) is 47.8 Å². The average Bonchev–Trinajstić information content (AvgIpc) is 4.00. The second-order valence-corrected chi connectivity index (χ2v) is 18.2. The highest BCUT2D eigenvalue weighted by Crippen LogP contribution is 2.66. The Morgan fingerprint density at radius 3 is 1.25 bits per heavy atom. The van der Waals surface area contributed by atoms with Gasteiger partial charge in [0.15, 0.2) is 23.3 Å². The van der Waals surface area contributed by atoms with Crippen LogP contribution in [0.1, 0.15) is 105 Å². The van der Waals surface area contributed by atoms with Gasteiger partial charge in [0.1, 0.15) is 11.4 Å². The molecule has 0 N–H and O–H groups in total. The number of Topliss-reactive ketones (excluding diaryl/α,β-unsaturated/α-hetero) is 2. The quantitative estimate of drug-likeness (QED) is 0.114. The third kappa shape index (κ3) is 4.76. The molecule has 0 atom stereocenters. The Balaban J connectivity index is 1.15. The van der Waals surface area contributed by atoms with Gasteiger partial charge in [-0.15, -0.1) is 22.7 Å². The SMILES string of the molecule is [C-]#[N+]C(C#N)=C1C(=NC2=Cc3sc4c(c3C2(C)C)C(C)(C)c2c-4sc3c2C(C)(C)C(N=C2C(=O)c4cc(F)c(F)cc4/C2=C(/C#N)[N+]#[C-])=C3)C(=O)c2cc(F)c(F)cc21. The number of nitrogens with zero attached hydrogens (tertiary/aromatic N) is 6. The molecule has 14 heteroatoms. The first-order valence-corrected chi connectivity index (χ1v) is 19.6. The van der Waals surface area contributed by atoms with Gasteiger partial charge in [-0.3, -0.25) is 9.59 Å². The van der Waals surface area contributed by atoms with Gasteiger partial charge in [0.2, 0.25) is 11.6 Å². The van der Waals surface area contributed by atoms with Gasteiger partial charge in [0.25, 0.3) is 11.4 Å². The largest absolute Gasteiger partial charge is 0.287 e. The molecular formula is C45H24F4N6O2S2. The summed E-state index contributed by atoms with van der Waals surface area (Å²) in [6.07, 6.45) is 3.74. The number of carbonyl (C=O) groups excluding carboxylic acids is 2. The van der Waals surface area contributed by atoms with E-state index in [9.17, 15) is 37.7 Å². The number of fused-ring (bicyclic) bond motifs is 9. The average molecular weight is 821 g/mol. The minimum absolute atomic E-state index is 0.0683. The number of rotatable bonds is 2. The van der Waals surface area contributed by atoms with Crippen LogP contribution in [0.25, 0.3) is 42.7 Å². The number of hydrogen-bond acceptors (Lipinski definition) is 8. The number of carbonyl (C=O) groups is 2. The highest BCUT2D eigenvalue weighted by atomic mass is 32.1. The van der Waals surface area contributed by atoms with Crippen molar-refractivity contribution in [3.05, 3.63) is 147 Å². The van der Waals surface area contributed by atoms with Crippen molar-refractivity contribution in [3.8, 4) is 21.9 Å². The van der Waals surface area contributed by atoms with E-state index >= 15 is 0 Å². The fourth-order valence-electron chi connectivity index (χ4n) is 9.02. The van der Waals surface area contributed by atoms with Gasteiger partial charge < -0.3 is 0 Å². The van der Waals surface area contributed by atoms with Gasteiger partial charge in [-0.05, 0) is 69.8 Å². The number of aliphatic imine (C=N–C) groups is 2. The smallest absolute Gasteiger partial charge is 0.271 e. The molecule has 0 amide bonds. The van der Waals surface area contributed by atoms with Crippen molar-refractivity contribution >= 4 is 69.0 Å². The van der Waals surface area contributed by atoms with Crippen LogP contribution in [-0.2, 0) is 16.2 Å². The second-order valence-electron chi connectivity index (χ2n) is 16.1. The van der Waals surface area contributed by atoms with Crippen molar-refractivity contribution in [2.24, 2.45) is 9.98 Å². The van der Waals surface area contributed by atoms with Crippen LogP contribution in [0.3, 0.4) is 0 Å². The number of halogens is 4. The van der Waals surface area contributed by atoms with E-state index in [-0.39, 0.29) is 44.8 Å². The van der Waals surface area contributed by atoms with E-state index in [2.05, 4.69) is 23.5 Å². The fraction of sp³-hybridized carbons (Fsp3) is 0.200. The zero-order chi connectivity index (χ0) is 42.4. The predicted octanol–water partition coefficient (Wildman–Crippen LogP) is 10.9. The lowest BCUT2D eigenvalue weighted by Gasteiger charge is -2.32. The van der Waals surface area contributed by atoms with Crippen molar-refractivity contribution in [2.75, 3.05) is 0 Å². The lowest BCUT2D eigenvalue weighted by molar-refractivity contribution is 0.106. The maximum Gasteiger partial charge on any atom is 0.271 e. The molecule has 286 valence electrons. The van der Waals surface area contributed by atoms with E-state index in [1.807, 2.05) is 39.8 Å². The van der Waals surface area contributed by atoms with Gasteiger partial charge >= 0.3 is 0 Å². The summed E-state index contributed by atoms with van der Waals surface area (Å²) >= 11 is 3.13. The summed E-state index contributed by atoms with van der Waals surface area (Å²) < 4.78 is 57.6. The molecule has 2 aromatic heterocycles. The van der Waals surface area contributed by atoms with Crippen LogP contribution in [0, 0.1) is 59.1 Å². The summed E-state index contributed by atoms with van der Waals surface area (Å²) in [5.74, 6) is -6.38. The molecule has 5 aliphatic carbocycles. The van der Waals surface area contributed by atoms with E-state index in [0.29, 0.717) is 11.4 Å². The molecule has 9 rings (SSSR count). The molecule has 0 saturated heterocycles. The highest BCUT2D eigenvalue weighted by molar-refractivity contribution is 7.23. The first-order chi connectivity index (χ1) is 27.8. The minimum atomic E-state index is -1.24. The molecule has 0 radical (unpaired) electrons. The molecule has 0 spiro atoms. The maximum absolute atomic E-state index is 14.4. The zero-order valence-electron chi connectivity index (χ0n) is 31.8. The Kier molecular flexibility index (Phi) is 7.73. The van der Waals surface area contributed by atoms with E-state index < -0.39 is 62.5 Å². The number of benzene rings is 2. The number of hydrogen-bond donors (Lipinski definition) is 0. The van der Waals surface area contributed by atoms with Crippen molar-refractivity contribution < 1.29 is 27.2 Å². The van der Waals surface area contributed by atoms with Crippen molar-refractivity contribution in [3.63, 3.8) is 0 Å². The lowest BCUT2D eigenvalue weighted by Crippen LogP contribution is -2.27. The first kappa shape index (κ1) is 37.7. The zero-order valence-corrected chi connectivity index (χ0v) is 33.4. The Morgan fingerprint density at radius 2 is 0.932 bits per heavy atom. The summed E-state index contributed by atoms with van der Waals surface area (Å²) in [6.45, 7) is 27.3. The van der Waals surface area contributed by atoms with Gasteiger partial charge in [0.05, 0.1) is 36.7 Å². The summed E-state index contributed by atoms with van der Waals surface area (Å²) in [5.41, 5.74) is 0.568. The number of ketones is 2. The van der Waals surface area contributed by atoms with Crippen LogP contribution >= 0.6 is 22.7 Å². The normalized spacial score (nSPS) is 21.1.